The highest BCUT2D eigenvalue weighted by Crippen LogP contribution is 2.36. The number of piperidine rings is 1. The van der Waals surface area contributed by atoms with Gasteiger partial charge in [-0.05, 0) is 30.5 Å². The minimum absolute atomic E-state index is 0.192. The van der Waals surface area contributed by atoms with Crippen LogP contribution in [0.4, 0.5) is 0 Å². The van der Waals surface area contributed by atoms with Gasteiger partial charge in [0.1, 0.15) is 11.0 Å². The second-order valence-electron chi connectivity index (χ2n) is 6.11. The smallest absolute Gasteiger partial charge is 0.221 e. The van der Waals surface area contributed by atoms with Crippen molar-refractivity contribution < 1.29 is 18.0 Å². The summed E-state index contributed by atoms with van der Waals surface area (Å²) in [5, 5.41) is 1.07. The Morgan fingerprint density at radius 1 is 1.22 bits per heavy atom. The van der Waals surface area contributed by atoms with Gasteiger partial charge in [0, 0.05) is 20.1 Å². The number of sulfonamides is 1. The Morgan fingerprint density at radius 3 is 2.65 bits per heavy atom. The average Bonchev–Trinajstić information content (AvgIpc) is 2.98. The van der Waals surface area contributed by atoms with Gasteiger partial charge in [-0.1, -0.05) is 18.6 Å². The van der Waals surface area contributed by atoms with Crippen LogP contribution in [0.2, 0.25) is 0 Å². The fraction of sp³-hybridized carbons (Fsp3) is 0.625. The van der Waals surface area contributed by atoms with Gasteiger partial charge in [0.2, 0.25) is 10.0 Å². The van der Waals surface area contributed by atoms with Gasteiger partial charge in [-0.25, -0.2) is 12.7 Å². The highest BCUT2D eigenvalue weighted by molar-refractivity contribution is 7.89. The summed E-state index contributed by atoms with van der Waals surface area (Å²) >= 11 is 0. The lowest BCUT2D eigenvalue weighted by Gasteiger charge is -2.31. The molecule has 128 valence electrons. The van der Waals surface area contributed by atoms with E-state index in [1.807, 2.05) is 24.3 Å². The molecule has 0 N–H and O–H groups in total. The molecule has 2 aliphatic rings. The molecule has 2 heterocycles. The molecule has 2 unspecified atom stereocenters. The number of benzene rings is 1. The Kier molecular flexibility index (Phi) is 4.91. The van der Waals surface area contributed by atoms with Crippen molar-refractivity contribution in [1.82, 2.24) is 9.37 Å². The Balaban J connectivity index is 1.91. The number of hydrogen-bond donors (Lipinski definition) is 0. The first-order chi connectivity index (χ1) is 11.0. The molecule has 0 amide bonds. The van der Waals surface area contributed by atoms with Crippen LogP contribution in [-0.2, 0) is 14.9 Å². The summed E-state index contributed by atoms with van der Waals surface area (Å²) in [6, 6.07) is 7.22. The van der Waals surface area contributed by atoms with Gasteiger partial charge in [-0.15, -0.1) is 0 Å². The molecule has 0 aromatic heterocycles. The van der Waals surface area contributed by atoms with Crippen molar-refractivity contribution in [3.05, 3.63) is 29.8 Å². The van der Waals surface area contributed by atoms with Gasteiger partial charge >= 0.3 is 0 Å². The molecule has 7 heteroatoms. The molecule has 2 fully saturated rings. The quantitative estimate of drug-likeness (QED) is 0.836. The second kappa shape index (κ2) is 6.76. The van der Waals surface area contributed by atoms with Gasteiger partial charge in [-0.2, -0.15) is 5.06 Å². The molecule has 0 radical (unpaired) electrons. The highest BCUT2D eigenvalue weighted by Gasteiger charge is 2.45. The van der Waals surface area contributed by atoms with Crippen molar-refractivity contribution in [2.24, 2.45) is 0 Å². The summed E-state index contributed by atoms with van der Waals surface area (Å²) in [5.74, 6) is 0.719. The maximum atomic E-state index is 13.1. The zero-order valence-electron chi connectivity index (χ0n) is 13.6. The lowest BCUT2D eigenvalue weighted by molar-refractivity contribution is -0.110. The van der Waals surface area contributed by atoms with Gasteiger partial charge in [0.05, 0.1) is 19.8 Å². The predicted octanol–water partition coefficient (Wildman–Crippen LogP) is 1.80. The largest absolute Gasteiger partial charge is 0.497 e. The Hall–Kier alpha value is -1.15. The van der Waals surface area contributed by atoms with Crippen LogP contribution in [0.5, 0.6) is 5.75 Å². The van der Waals surface area contributed by atoms with Crippen LogP contribution in [0, 0.1) is 0 Å². The molecule has 6 nitrogen and oxygen atoms in total. The summed E-state index contributed by atoms with van der Waals surface area (Å²) in [4.78, 5) is 5.57. The van der Waals surface area contributed by atoms with E-state index in [4.69, 9.17) is 9.57 Å². The molecule has 23 heavy (non-hydrogen) atoms. The van der Waals surface area contributed by atoms with E-state index in [9.17, 15) is 8.42 Å². The van der Waals surface area contributed by atoms with Crippen LogP contribution < -0.4 is 4.74 Å². The van der Waals surface area contributed by atoms with Gasteiger partial charge < -0.3 is 4.74 Å². The van der Waals surface area contributed by atoms with E-state index in [2.05, 4.69) is 0 Å². The second-order valence-corrected chi connectivity index (χ2v) is 8.26. The molecule has 0 saturated carbocycles. The topological polar surface area (TPSA) is 59.1 Å². The van der Waals surface area contributed by atoms with E-state index in [0.29, 0.717) is 13.1 Å². The van der Waals surface area contributed by atoms with Gasteiger partial charge in [0.15, 0.2) is 0 Å². The summed E-state index contributed by atoms with van der Waals surface area (Å²) in [6.45, 7) is 1.43. The third-order valence-electron chi connectivity index (χ3n) is 4.68. The zero-order valence-corrected chi connectivity index (χ0v) is 14.5. The molecule has 0 spiro atoms. The van der Waals surface area contributed by atoms with Crippen molar-refractivity contribution in [2.45, 2.75) is 30.6 Å². The minimum atomic E-state index is -3.39. The summed E-state index contributed by atoms with van der Waals surface area (Å²) in [6.07, 6.45) is 2.98. The highest BCUT2D eigenvalue weighted by atomic mass is 32.2. The Morgan fingerprint density at radius 2 is 1.96 bits per heavy atom. The Bertz CT molecular complexity index is 643. The fourth-order valence-corrected chi connectivity index (χ4v) is 5.44. The molecule has 0 bridgehead atoms. The lowest BCUT2D eigenvalue weighted by atomic mass is 10.0. The van der Waals surface area contributed by atoms with Crippen molar-refractivity contribution in [3.63, 3.8) is 0 Å². The van der Waals surface area contributed by atoms with Gasteiger partial charge in [0.25, 0.3) is 0 Å². The number of rotatable bonds is 4. The molecule has 2 aliphatic heterocycles. The first-order valence-corrected chi connectivity index (χ1v) is 9.53. The summed E-state index contributed by atoms with van der Waals surface area (Å²) < 4.78 is 33.0. The SMILES string of the molecule is COc1cccc(C2C(S(=O)(=O)N3CCCCC3)CON2C)c1. The molecule has 0 aliphatic carbocycles. The van der Waals surface area contributed by atoms with E-state index in [1.165, 1.54) is 0 Å². The van der Waals surface area contributed by atoms with E-state index in [1.54, 1.807) is 23.5 Å². The fourth-order valence-electron chi connectivity index (χ4n) is 3.41. The maximum Gasteiger partial charge on any atom is 0.221 e. The minimum Gasteiger partial charge on any atom is -0.497 e. The molecule has 2 saturated heterocycles. The molecule has 2 atom stereocenters. The molecule has 1 aromatic rings. The zero-order chi connectivity index (χ0) is 16.4. The first kappa shape index (κ1) is 16.7. The molecule has 1 aromatic carbocycles. The molecular weight excluding hydrogens is 316 g/mol. The van der Waals surface area contributed by atoms with E-state index >= 15 is 0 Å². The van der Waals surface area contributed by atoms with E-state index < -0.39 is 15.3 Å². The standard InChI is InChI=1S/C16H24N2O4S/c1-17-16(13-7-6-8-14(11-13)21-2)15(12-22-17)23(19,20)18-9-4-3-5-10-18/h6-8,11,15-16H,3-5,9-10,12H2,1-2H3. The van der Waals surface area contributed by atoms with Crippen LogP contribution in [-0.4, -0.2) is 56.9 Å². The van der Waals surface area contributed by atoms with E-state index in [-0.39, 0.29) is 12.6 Å². The van der Waals surface area contributed by atoms with Crippen molar-refractivity contribution in [2.75, 3.05) is 33.9 Å². The summed E-state index contributed by atoms with van der Waals surface area (Å²) in [5.41, 5.74) is 0.898. The third-order valence-corrected chi connectivity index (χ3v) is 6.92. The van der Waals surface area contributed by atoms with Crippen LogP contribution in [0.15, 0.2) is 24.3 Å². The first-order valence-electron chi connectivity index (χ1n) is 8.02. The van der Waals surface area contributed by atoms with Crippen LogP contribution in [0.3, 0.4) is 0 Å². The van der Waals surface area contributed by atoms with Gasteiger partial charge in [-0.3, -0.25) is 4.84 Å². The number of ether oxygens (including phenoxy) is 1. The van der Waals surface area contributed by atoms with Crippen molar-refractivity contribution >= 4 is 10.0 Å². The summed E-state index contributed by atoms with van der Waals surface area (Å²) in [7, 11) is 0.00893. The Labute approximate surface area is 138 Å². The average molecular weight is 340 g/mol. The number of nitrogens with zero attached hydrogens (tertiary/aromatic N) is 2. The number of methoxy groups -OCH3 is 1. The predicted molar refractivity (Wildman–Crippen MR) is 87.6 cm³/mol. The van der Waals surface area contributed by atoms with Crippen LogP contribution in [0.1, 0.15) is 30.9 Å². The lowest BCUT2D eigenvalue weighted by Crippen LogP contribution is -2.44. The van der Waals surface area contributed by atoms with Crippen LogP contribution >= 0.6 is 0 Å². The molecular formula is C16H24N2O4S. The number of hydrogen-bond acceptors (Lipinski definition) is 5. The maximum absolute atomic E-state index is 13.1. The molecule has 3 rings (SSSR count). The van der Waals surface area contributed by atoms with Crippen molar-refractivity contribution in [1.29, 1.82) is 0 Å². The van der Waals surface area contributed by atoms with Crippen molar-refractivity contribution in [3.8, 4) is 5.75 Å². The normalized spacial score (nSPS) is 27.2. The number of hydroxylamine groups is 2. The third kappa shape index (κ3) is 3.24. The van der Waals surface area contributed by atoms with Crippen LogP contribution in [0.25, 0.3) is 0 Å². The van der Waals surface area contributed by atoms with E-state index in [0.717, 1.165) is 30.6 Å². The monoisotopic (exact) mass is 340 g/mol.